The number of carbonyl (C=O) groups excluding carboxylic acids is 3. The quantitative estimate of drug-likeness (QED) is 0.418. The van der Waals surface area contributed by atoms with Crippen LogP contribution in [-0.4, -0.2) is 58.3 Å². The molecule has 0 amide bonds. The number of hydrogen-bond acceptors (Lipinski definition) is 7. The molecule has 4 bridgehead atoms. The Morgan fingerprint density at radius 2 is 1.96 bits per heavy atom. The van der Waals surface area contributed by atoms with Crippen LogP contribution in [0.25, 0.3) is 0 Å². The lowest BCUT2D eigenvalue weighted by Crippen LogP contribution is -2.39. The Balaban J connectivity index is 1.66. The van der Waals surface area contributed by atoms with Crippen LogP contribution in [0.2, 0.25) is 0 Å². The van der Waals surface area contributed by atoms with E-state index in [0.717, 1.165) is 5.57 Å². The Morgan fingerprint density at radius 1 is 1.23 bits per heavy atom. The lowest BCUT2D eigenvalue weighted by molar-refractivity contribution is -0.162. The summed E-state index contributed by atoms with van der Waals surface area (Å²) < 4.78 is 17.0. The minimum absolute atomic E-state index is 0.0316. The average Bonchev–Trinajstić information content (AvgIpc) is 3.15. The van der Waals surface area contributed by atoms with Crippen LogP contribution in [0.15, 0.2) is 12.2 Å². The Kier molecular flexibility index (Phi) is 3.92. The van der Waals surface area contributed by atoms with Gasteiger partial charge in [0.15, 0.2) is 5.78 Å². The van der Waals surface area contributed by atoms with Crippen molar-refractivity contribution >= 4 is 17.5 Å². The van der Waals surface area contributed by atoms with Crippen molar-refractivity contribution in [1.29, 1.82) is 0 Å². The highest BCUT2D eigenvalue weighted by molar-refractivity contribution is 5.92. The number of Topliss-reactive ketones (excluding diaryl/α,β-unsaturated/α-hetero) is 2. The average molecular weight is 364 g/mol. The minimum Gasteiger partial charge on any atom is -0.457 e. The van der Waals surface area contributed by atoms with E-state index in [2.05, 4.69) is 6.58 Å². The summed E-state index contributed by atoms with van der Waals surface area (Å²) in [5.41, 5.74) is -1.41. The van der Waals surface area contributed by atoms with E-state index in [0.29, 0.717) is 6.42 Å². The Labute approximate surface area is 151 Å². The van der Waals surface area contributed by atoms with Gasteiger partial charge in [0.1, 0.15) is 24.1 Å². The van der Waals surface area contributed by atoms with E-state index in [1.807, 2.05) is 0 Å². The van der Waals surface area contributed by atoms with Crippen LogP contribution in [0.3, 0.4) is 0 Å². The molecule has 0 radical (unpaired) electrons. The number of aliphatic hydroxyl groups is 1. The Bertz CT molecular complexity index is 700. The second-order valence-electron chi connectivity index (χ2n) is 8.42. The number of aliphatic hydroxyl groups excluding tert-OH is 1. The van der Waals surface area contributed by atoms with Crippen molar-refractivity contribution in [2.45, 2.75) is 81.6 Å². The predicted octanol–water partition coefficient (Wildman–Crippen LogP) is 0.862. The molecule has 4 heterocycles. The molecule has 0 aromatic heterocycles. The topological polar surface area (TPSA) is 102 Å². The van der Waals surface area contributed by atoms with Crippen molar-refractivity contribution < 1.29 is 33.7 Å². The highest BCUT2D eigenvalue weighted by Gasteiger charge is 2.77. The predicted molar refractivity (Wildman–Crippen MR) is 88.2 cm³/mol. The first-order valence-electron chi connectivity index (χ1n) is 9.09. The van der Waals surface area contributed by atoms with Gasteiger partial charge in [0.25, 0.3) is 0 Å². The summed E-state index contributed by atoms with van der Waals surface area (Å²) in [7, 11) is 0. The highest BCUT2D eigenvalue weighted by Crippen LogP contribution is 2.53. The number of allylic oxidation sites excluding steroid dienone is 1. The molecular formula is C19H24O7. The first kappa shape index (κ1) is 17.8. The standard InChI is InChI=1S/C19H24O7/c1-9(2)10-4-11(20)6-13-12(21)7-18(3,25-13)8-14-16-19(26-16,15(22)5-10)17(23)24-14/h10,13-16,22H,1,4-8H2,2-3H3/t10-,13-,14-,15+,16-,18-,19-/m1/s1. The van der Waals surface area contributed by atoms with Gasteiger partial charge in [0, 0.05) is 25.7 Å². The van der Waals surface area contributed by atoms with Gasteiger partial charge in [-0.1, -0.05) is 12.2 Å². The largest absolute Gasteiger partial charge is 0.457 e. The monoisotopic (exact) mass is 364 g/mol. The number of carbonyl (C=O) groups is 3. The summed E-state index contributed by atoms with van der Waals surface area (Å²) in [5.74, 6) is -1.08. The summed E-state index contributed by atoms with van der Waals surface area (Å²) in [6.45, 7) is 7.48. The molecular weight excluding hydrogens is 340 g/mol. The van der Waals surface area contributed by atoms with Gasteiger partial charge in [-0.3, -0.25) is 9.59 Å². The van der Waals surface area contributed by atoms with Gasteiger partial charge in [-0.25, -0.2) is 4.79 Å². The van der Waals surface area contributed by atoms with Gasteiger partial charge in [-0.2, -0.15) is 0 Å². The molecule has 1 N–H and O–H groups in total. The van der Waals surface area contributed by atoms with Crippen molar-refractivity contribution in [3.05, 3.63) is 12.2 Å². The third kappa shape index (κ3) is 2.64. The van der Waals surface area contributed by atoms with Crippen LogP contribution >= 0.6 is 0 Å². The number of epoxide rings is 1. The van der Waals surface area contributed by atoms with Gasteiger partial charge in [0.2, 0.25) is 5.60 Å². The lowest BCUT2D eigenvalue weighted by Gasteiger charge is -2.27. The summed E-state index contributed by atoms with van der Waals surface area (Å²) in [5, 5.41) is 10.7. The van der Waals surface area contributed by atoms with Crippen molar-refractivity contribution in [2.24, 2.45) is 5.92 Å². The fourth-order valence-electron chi connectivity index (χ4n) is 4.64. The summed E-state index contributed by atoms with van der Waals surface area (Å²) >= 11 is 0. The maximum Gasteiger partial charge on any atom is 0.344 e. The van der Waals surface area contributed by atoms with Gasteiger partial charge >= 0.3 is 5.97 Å². The fraction of sp³-hybridized carbons (Fsp3) is 0.737. The van der Waals surface area contributed by atoms with Crippen LogP contribution in [0.4, 0.5) is 0 Å². The number of ketones is 2. The molecule has 0 saturated carbocycles. The van der Waals surface area contributed by atoms with Gasteiger partial charge < -0.3 is 19.3 Å². The van der Waals surface area contributed by atoms with Gasteiger partial charge in [0.05, 0.1) is 11.7 Å². The molecule has 7 nitrogen and oxygen atoms in total. The van der Waals surface area contributed by atoms with Crippen LogP contribution in [0.1, 0.15) is 46.0 Å². The molecule has 0 aromatic rings. The lowest BCUT2D eigenvalue weighted by atomic mass is 9.83. The normalized spacial score (nSPS) is 48.1. The number of fused-ring (bicyclic) bond motifs is 2. The number of esters is 1. The molecule has 0 aliphatic carbocycles. The molecule has 7 heteroatoms. The molecule has 4 aliphatic heterocycles. The van der Waals surface area contributed by atoms with Crippen LogP contribution in [-0.2, 0) is 28.6 Å². The van der Waals surface area contributed by atoms with Crippen LogP contribution in [0.5, 0.6) is 0 Å². The first-order valence-corrected chi connectivity index (χ1v) is 9.09. The zero-order valence-corrected chi connectivity index (χ0v) is 15.0. The third-order valence-electron chi connectivity index (χ3n) is 6.16. The molecule has 7 atom stereocenters. The van der Waals surface area contributed by atoms with E-state index in [9.17, 15) is 19.5 Å². The zero-order valence-electron chi connectivity index (χ0n) is 15.0. The third-order valence-corrected chi connectivity index (χ3v) is 6.16. The molecule has 0 unspecified atom stereocenters. The molecule has 4 saturated heterocycles. The van der Waals surface area contributed by atoms with E-state index in [1.165, 1.54) is 0 Å². The zero-order chi connectivity index (χ0) is 18.9. The molecule has 4 rings (SSSR count). The fourth-order valence-corrected chi connectivity index (χ4v) is 4.64. The second kappa shape index (κ2) is 5.71. The molecule has 142 valence electrons. The Hall–Kier alpha value is -1.57. The molecule has 4 aliphatic rings. The SMILES string of the molecule is C=C(C)[C@@H]1CC(=O)C[C@H]2O[C@](C)(CC2=O)C[C@H]2OC(=O)[C@@]3(O[C@H]23)[C@@H](O)C1. The molecule has 0 aromatic carbocycles. The molecule has 4 fully saturated rings. The Morgan fingerprint density at radius 3 is 2.62 bits per heavy atom. The number of hydrogen-bond donors (Lipinski definition) is 1. The molecule has 26 heavy (non-hydrogen) atoms. The number of rotatable bonds is 1. The van der Waals surface area contributed by atoms with Crippen molar-refractivity contribution in [3.8, 4) is 0 Å². The maximum atomic E-state index is 12.5. The summed E-state index contributed by atoms with van der Waals surface area (Å²) in [4.78, 5) is 37.2. The van der Waals surface area contributed by atoms with E-state index < -0.39 is 41.6 Å². The van der Waals surface area contributed by atoms with Gasteiger partial charge in [-0.15, -0.1) is 0 Å². The van der Waals surface area contributed by atoms with E-state index in [4.69, 9.17) is 14.2 Å². The summed E-state index contributed by atoms with van der Waals surface area (Å²) in [6, 6.07) is 0. The highest BCUT2D eigenvalue weighted by atomic mass is 16.7. The number of ether oxygens (including phenoxy) is 3. The van der Waals surface area contributed by atoms with Gasteiger partial charge in [-0.05, 0) is 26.2 Å². The second-order valence-corrected chi connectivity index (χ2v) is 8.42. The van der Waals surface area contributed by atoms with Crippen LogP contribution < -0.4 is 0 Å². The van der Waals surface area contributed by atoms with Crippen molar-refractivity contribution in [3.63, 3.8) is 0 Å². The first-order chi connectivity index (χ1) is 12.1. The van der Waals surface area contributed by atoms with E-state index in [-0.39, 0.29) is 43.2 Å². The maximum absolute atomic E-state index is 12.5. The van der Waals surface area contributed by atoms with E-state index >= 15 is 0 Å². The van der Waals surface area contributed by atoms with Crippen molar-refractivity contribution in [2.75, 3.05) is 0 Å². The van der Waals surface area contributed by atoms with E-state index in [1.54, 1.807) is 13.8 Å². The van der Waals surface area contributed by atoms with Crippen LogP contribution in [0, 0.1) is 5.92 Å². The minimum atomic E-state index is -1.35. The van der Waals surface area contributed by atoms with Crippen molar-refractivity contribution in [1.82, 2.24) is 0 Å². The smallest absolute Gasteiger partial charge is 0.344 e. The summed E-state index contributed by atoms with van der Waals surface area (Å²) in [6.07, 6.45) is -2.08. The molecule has 0 spiro atoms.